The SMILES string of the molecule is [La+3].[La+3].[Nd+3].[Nd+3].[O-2].[O-2].[O-2].[O-2].[O-2].[O-2].[O-2].[O-2].[O-2].[O-2].[O-2].[O-2].[O-2].[Pr+3].[Pr+3].[Ti+4].[Ti+4]. The van der Waals surface area contributed by atoms with Gasteiger partial charge in [-0.05, 0) is 0 Å². The summed E-state index contributed by atoms with van der Waals surface area (Å²) in [5, 5.41) is 0. The van der Waals surface area contributed by atoms with Crippen LogP contribution in [0.4, 0.5) is 0 Å². The molecular weight excluding hydrogens is 1150 g/mol. The first kappa shape index (κ1) is 322. The molecule has 21 heavy (non-hydrogen) atoms. The first-order valence-electron chi connectivity index (χ1n) is 0. The number of hydrogen-bond donors (Lipinski definition) is 0. The van der Waals surface area contributed by atoms with Gasteiger partial charge in [-0.2, -0.15) is 0 Å². The van der Waals surface area contributed by atoms with E-state index in [2.05, 4.69) is 0 Å². The maximum absolute atomic E-state index is 0. The molecule has 2 radical (unpaired) electrons. The van der Waals surface area contributed by atoms with E-state index in [0.717, 1.165) is 0 Å². The van der Waals surface area contributed by atoms with Gasteiger partial charge in [-0.1, -0.05) is 0 Å². The molecule has 0 N–H and O–H groups in total. The molecule has 0 aromatic rings. The number of rotatable bonds is 0. The first-order valence-corrected chi connectivity index (χ1v) is 0. The summed E-state index contributed by atoms with van der Waals surface area (Å²) in [5.74, 6) is 0. The van der Waals surface area contributed by atoms with Crippen molar-refractivity contribution in [2.24, 2.45) is 0 Å². The van der Waals surface area contributed by atoms with Gasteiger partial charge in [-0.3, -0.25) is 0 Å². The Kier molecular flexibility index (Phi) is 4450. The van der Waals surface area contributed by atoms with E-state index in [9.17, 15) is 0 Å². The molecule has 0 aromatic heterocycles. The van der Waals surface area contributed by atoms with Crippen molar-refractivity contribution in [3.8, 4) is 0 Å². The zero-order valence-electron chi connectivity index (χ0n) is 9.62. The summed E-state index contributed by atoms with van der Waals surface area (Å²) in [5.41, 5.74) is 0. The van der Waals surface area contributed by atoms with Crippen LogP contribution >= 0.6 is 0 Å². The summed E-state index contributed by atoms with van der Waals surface area (Å²) in [6.45, 7) is 0. The van der Waals surface area contributed by atoms with Gasteiger partial charge in [0.2, 0.25) is 0 Å². The van der Waals surface area contributed by atoms with Gasteiger partial charge in [0.15, 0.2) is 0 Å². The monoisotopic (exact) mass is 1150 g/mol. The Labute approximate surface area is 340 Å². The maximum Gasteiger partial charge on any atom is 4.00 e. The molecule has 0 spiro atoms. The van der Waals surface area contributed by atoms with E-state index < -0.39 is 0 Å². The molecule has 0 aliphatic rings. The second-order valence-electron chi connectivity index (χ2n) is 0. The Morgan fingerprint density at radius 1 is 0.238 bits per heavy atom. The molecular formula is La2Nd2O13Pr2Ti2. The molecule has 0 saturated heterocycles. The molecule has 0 aliphatic heterocycles. The van der Waals surface area contributed by atoms with Crippen LogP contribution in [0.3, 0.4) is 0 Å². The zero-order chi connectivity index (χ0) is 0. The second kappa shape index (κ2) is 290. The van der Waals surface area contributed by atoms with Gasteiger partial charge in [0.05, 0.1) is 0 Å². The normalized spacial score (nSPS) is 0. The molecule has 0 unspecified atom stereocenters. The number of hydrogen-bond acceptors (Lipinski definition) is 0. The maximum atomic E-state index is 0. The Morgan fingerprint density at radius 3 is 0.238 bits per heavy atom. The van der Waals surface area contributed by atoms with E-state index in [4.69, 9.17) is 0 Å². The predicted octanol–water partition coefficient (Wildman–Crippen LogP) is -1.55. The summed E-state index contributed by atoms with van der Waals surface area (Å²) in [7, 11) is 0. The largest absolute Gasteiger partial charge is 4.00 e. The molecule has 0 amide bonds. The average molecular weight is 1150 g/mol. The molecule has 0 heterocycles. The van der Waals surface area contributed by atoms with Crippen LogP contribution in [0.25, 0.3) is 0 Å². The van der Waals surface area contributed by atoms with Gasteiger partial charge in [-0.15, -0.1) is 0 Å². The fourth-order valence-corrected chi connectivity index (χ4v) is 0. The van der Waals surface area contributed by atoms with Crippen molar-refractivity contribution >= 4 is 0 Å². The molecule has 106 valence electrons. The zero-order valence-corrected chi connectivity index (χ0v) is 33.8. The third-order valence-corrected chi connectivity index (χ3v) is 0. The van der Waals surface area contributed by atoms with E-state index >= 15 is 0 Å². The van der Waals surface area contributed by atoms with Crippen LogP contribution in [-0.4, -0.2) is 0 Å². The summed E-state index contributed by atoms with van der Waals surface area (Å²) in [6, 6.07) is 0. The van der Waals surface area contributed by atoms with Crippen molar-refractivity contribution in [3.05, 3.63) is 0 Å². The van der Waals surface area contributed by atoms with Crippen LogP contribution in [-0.2, 0) is 115 Å². The van der Waals surface area contributed by atoms with Crippen LogP contribution in [0.2, 0.25) is 0 Å². The van der Waals surface area contributed by atoms with Crippen molar-refractivity contribution in [2.75, 3.05) is 0 Å². The van der Waals surface area contributed by atoms with E-state index in [1.54, 1.807) is 0 Å². The van der Waals surface area contributed by atoms with Crippen molar-refractivity contribution in [1.82, 2.24) is 0 Å². The van der Waals surface area contributed by atoms with E-state index in [0.29, 0.717) is 0 Å². The first-order chi connectivity index (χ1) is 0. The Morgan fingerprint density at radius 2 is 0.238 bits per heavy atom. The second-order valence-corrected chi connectivity index (χ2v) is 0. The molecule has 0 fully saturated rings. The topological polar surface area (TPSA) is 370 Å². The molecule has 13 nitrogen and oxygen atoms in total. The van der Waals surface area contributed by atoms with Crippen LogP contribution in [0.15, 0.2) is 0 Å². The van der Waals surface area contributed by atoms with Gasteiger partial charge in [0.25, 0.3) is 0 Å². The molecule has 21 heteroatoms. The van der Waals surface area contributed by atoms with E-state index in [1.165, 1.54) is 0 Å². The Hall–Kier alpha value is 8.73. The molecule has 0 saturated carbocycles. The Balaban J connectivity index is 0. The van der Waals surface area contributed by atoms with Crippen LogP contribution in [0.5, 0.6) is 0 Å². The molecule has 0 atom stereocenters. The van der Waals surface area contributed by atoms with Crippen molar-refractivity contribution in [3.63, 3.8) is 0 Å². The quantitative estimate of drug-likeness (QED) is 0.249. The molecule has 0 aliphatic carbocycles. The van der Waals surface area contributed by atoms with Gasteiger partial charge in [-0.25, -0.2) is 0 Å². The van der Waals surface area contributed by atoms with E-state index in [1.807, 2.05) is 0 Å². The summed E-state index contributed by atoms with van der Waals surface area (Å²) >= 11 is 0. The minimum atomic E-state index is 0. The standard InChI is InChI=1S/2La.2Nd.13O.2Pr.2Ti/q4*+3;13*-2;2*+3;2*+4. The van der Waals surface area contributed by atoms with Crippen molar-refractivity contribution < 1.29 is 350 Å². The third-order valence-electron chi connectivity index (χ3n) is 0. The summed E-state index contributed by atoms with van der Waals surface area (Å²) < 4.78 is 0. The average Bonchev–Trinajstić information content (AvgIpc) is 0. The van der Waals surface area contributed by atoms with Crippen LogP contribution < -0.4 is 0 Å². The van der Waals surface area contributed by atoms with E-state index in [-0.39, 0.29) is 350 Å². The summed E-state index contributed by atoms with van der Waals surface area (Å²) in [4.78, 5) is 0. The fourth-order valence-electron chi connectivity index (χ4n) is 0. The van der Waals surface area contributed by atoms with Crippen molar-refractivity contribution in [2.45, 2.75) is 0 Å². The summed E-state index contributed by atoms with van der Waals surface area (Å²) in [6.07, 6.45) is 0. The minimum Gasteiger partial charge on any atom is -2.00 e. The minimum absolute atomic E-state index is 0. The fraction of sp³-hybridized carbons (Fsp3) is 0. The molecule has 0 aromatic carbocycles. The van der Waals surface area contributed by atoms with Gasteiger partial charge < -0.3 is 71.2 Å². The van der Waals surface area contributed by atoms with Gasteiger partial charge in [0.1, 0.15) is 0 Å². The molecule has 0 rings (SSSR count). The van der Waals surface area contributed by atoms with Gasteiger partial charge in [0, 0.05) is 0 Å². The van der Waals surface area contributed by atoms with Crippen molar-refractivity contribution in [1.29, 1.82) is 0 Å². The van der Waals surface area contributed by atoms with Crippen LogP contribution in [0.1, 0.15) is 0 Å². The van der Waals surface area contributed by atoms with Gasteiger partial charge >= 0.3 is 279 Å². The smallest absolute Gasteiger partial charge is 2.00 e. The predicted molar refractivity (Wildman–Crippen MR) is 8.92 cm³/mol. The molecule has 0 bridgehead atoms. The van der Waals surface area contributed by atoms with Crippen LogP contribution in [0, 0.1) is 235 Å². The Bertz CT molecular complexity index is 36.1. The third kappa shape index (κ3) is 269.